The number of amides is 5. The number of ether oxygens (including phenoxy) is 4. The van der Waals surface area contributed by atoms with Gasteiger partial charge in [-0.25, -0.2) is 19.6 Å². The van der Waals surface area contributed by atoms with Crippen LogP contribution in [0.15, 0.2) is 103 Å². The molecule has 5 aromatic rings. The van der Waals surface area contributed by atoms with Gasteiger partial charge < -0.3 is 45.2 Å². The predicted octanol–water partition coefficient (Wildman–Crippen LogP) is 9.18. The molecule has 0 unspecified atom stereocenters. The molecule has 1 aromatic heterocycles. The molecule has 1 aliphatic carbocycles. The lowest BCUT2D eigenvalue weighted by molar-refractivity contribution is -0.155. The number of esters is 1. The van der Waals surface area contributed by atoms with E-state index in [-0.39, 0.29) is 133 Å². The number of fused-ring (bicyclic) bond motifs is 4. The third kappa shape index (κ3) is 20.8. The Kier molecular flexibility index (Phi) is 26.0. The Bertz CT molecular complexity index is 3050. The zero-order valence-corrected chi connectivity index (χ0v) is 51.5. The molecule has 0 saturated heterocycles. The monoisotopic (exact) mass is 1180 g/mol. The van der Waals surface area contributed by atoms with Gasteiger partial charge in [0.15, 0.2) is 11.6 Å². The number of nitrogens with two attached hydrogens (primary N) is 1. The van der Waals surface area contributed by atoms with Crippen LogP contribution in [0.4, 0.5) is 9.59 Å². The quantitative estimate of drug-likeness (QED) is 0.0166. The van der Waals surface area contributed by atoms with E-state index < -0.39 is 47.6 Å². The Balaban J connectivity index is 0.941. The summed E-state index contributed by atoms with van der Waals surface area (Å²) in [4.78, 5) is 106. The van der Waals surface area contributed by atoms with Crippen LogP contribution in [0.25, 0.3) is 22.0 Å². The van der Waals surface area contributed by atoms with E-state index in [2.05, 4.69) is 47.1 Å². The van der Waals surface area contributed by atoms with Crippen LogP contribution in [0.1, 0.15) is 133 Å². The summed E-state index contributed by atoms with van der Waals surface area (Å²) in [5, 5.41) is 12.5. The summed E-state index contributed by atoms with van der Waals surface area (Å²) in [5.41, 5.74) is 12.7. The van der Waals surface area contributed by atoms with Crippen molar-refractivity contribution in [1.82, 2.24) is 30.5 Å². The number of hydrogen-bond acceptors (Lipinski definition) is 13. The molecule has 3 atom stereocenters. The van der Waals surface area contributed by atoms with E-state index in [0.717, 1.165) is 56.4 Å². The van der Waals surface area contributed by atoms with Crippen LogP contribution in [0.5, 0.6) is 0 Å². The molecule has 0 saturated carbocycles. The number of para-hydroxylation sites is 1. The molecule has 5 amide bonds. The number of rotatable bonds is 36. The van der Waals surface area contributed by atoms with E-state index in [1.807, 2.05) is 97.3 Å². The molecule has 0 bridgehead atoms. The van der Waals surface area contributed by atoms with Crippen molar-refractivity contribution < 1.29 is 57.3 Å². The zero-order valence-electron chi connectivity index (χ0n) is 51.5. The Morgan fingerprint density at radius 1 is 0.698 bits per heavy atom. The maximum absolute atomic E-state index is 13.8. The first-order chi connectivity index (χ1) is 41.1. The lowest BCUT2D eigenvalue weighted by Gasteiger charge is -2.28. The van der Waals surface area contributed by atoms with Gasteiger partial charge in [-0.3, -0.25) is 28.8 Å². The number of carbonyl (C=O) groups excluding carboxylic acids is 8. The molecule has 6 rings (SSSR count). The summed E-state index contributed by atoms with van der Waals surface area (Å²) in [6.07, 6.45) is 1.61. The van der Waals surface area contributed by atoms with E-state index in [0.29, 0.717) is 19.4 Å². The summed E-state index contributed by atoms with van der Waals surface area (Å²) in [6, 6.07) is 31.5. The molecule has 5 N–H and O–H groups in total. The van der Waals surface area contributed by atoms with Crippen LogP contribution >= 0.6 is 0 Å². The second-order valence-corrected chi connectivity index (χ2v) is 23.4. The molecule has 86 heavy (non-hydrogen) atoms. The zero-order chi connectivity index (χ0) is 62.3. The van der Waals surface area contributed by atoms with Gasteiger partial charge >= 0.3 is 18.1 Å². The number of nitrogens with one attached hydrogen (secondary N) is 3. The second-order valence-electron chi connectivity index (χ2n) is 23.4. The number of benzene rings is 4. The summed E-state index contributed by atoms with van der Waals surface area (Å²) in [5.74, 6) is -2.81. The number of primary amides is 1. The third-order valence-corrected chi connectivity index (χ3v) is 15.4. The average Bonchev–Trinajstić information content (AvgIpc) is 1.86. The van der Waals surface area contributed by atoms with Gasteiger partial charge in [0.05, 0.1) is 38.4 Å². The minimum Gasteiger partial charge on any atom is -0.460 e. The largest absolute Gasteiger partial charge is 0.460 e. The van der Waals surface area contributed by atoms with Gasteiger partial charge in [-0.1, -0.05) is 112 Å². The van der Waals surface area contributed by atoms with Gasteiger partial charge in [-0.15, -0.1) is 0 Å². The summed E-state index contributed by atoms with van der Waals surface area (Å²) >= 11 is 0. The smallest absolute Gasteiger partial charge is 0.424 e. The molecule has 1 heterocycles. The van der Waals surface area contributed by atoms with Gasteiger partial charge in [0, 0.05) is 95.4 Å². The fourth-order valence-electron chi connectivity index (χ4n) is 10.6. The van der Waals surface area contributed by atoms with Crippen molar-refractivity contribution in [3.63, 3.8) is 0 Å². The molecule has 0 aliphatic heterocycles. The molecule has 1 aliphatic rings. The van der Waals surface area contributed by atoms with Crippen LogP contribution < -0.4 is 21.7 Å². The minimum atomic E-state index is -0.954. The van der Waals surface area contributed by atoms with Crippen LogP contribution in [0.2, 0.25) is 0 Å². The molecule has 464 valence electrons. The molecule has 19 heteroatoms. The Labute approximate surface area is 506 Å². The number of aromatic nitrogens is 1. The van der Waals surface area contributed by atoms with E-state index >= 15 is 0 Å². The predicted molar refractivity (Wildman–Crippen MR) is 330 cm³/mol. The van der Waals surface area contributed by atoms with E-state index in [1.165, 1.54) is 5.01 Å². The number of Topliss-reactive ketones (excluding diaryl/α,β-unsaturated/α-hetero) is 3. The lowest BCUT2D eigenvalue weighted by atomic mass is 9.88. The Morgan fingerprint density at radius 3 is 1.98 bits per heavy atom. The van der Waals surface area contributed by atoms with Crippen LogP contribution in [-0.2, 0) is 73.6 Å². The molecule has 0 radical (unpaired) electrons. The van der Waals surface area contributed by atoms with E-state index in [1.54, 1.807) is 39.9 Å². The van der Waals surface area contributed by atoms with Gasteiger partial charge in [0.1, 0.15) is 18.0 Å². The van der Waals surface area contributed by atoms with Crippen molar-refractivity contribution in [2.24, 2.45) is 17.6 Å². The van der Waals surface area contributed by atoms with Crippen LogP contribution in [-0.4, -0.2) is 133 Å². The molecule has 0 fully saturated rings. The van der Waals surface area contributed by atoms with Gasteiger partial charge in [-0.2, -0.15) is 0 Å². The summed E-state index contributed by atoms with van der Waals surface area (Å²) < 4.78 is 24.9. The van der Waals surface area contributed by atoms with Crippen molar-refractivity contribution in [3.8, 4) is 11.1 Å². The first kappa shape index (κ1) is 67.4. The molecule has 0 spiro atoms. The van der Waals surface area contributed by atoms with E-state index in [9.17, 15) is 38.4 Å². The second kappa shape index (κ2) is 33.2. The Morgan fingerprint density at radius 2 is 1.33 bits per heavy atom. The molecular weight excluding hydrogens is 1090 g/mol. The number of aryl methyl sites for hydroxylation is 2. The minimum absolute atomic E-state index is 0.0221. The van der Waals surface area contributed by atoms with Crippen LogP contribution in [0.3, 0.4) is 0 Å². The topological polar surface area (TPSA) is 247 Å². The first-order valence-electron chi connectivity index (χ1n) is 30.1. The highest BCUT2D eigenvalue weighted by molar-refractivity contribution is 5.93. The number of hydrazine groups is 1. The van der Waals surface area contributed by atoms with Crippen molar-refractivity contribution in [2.45, 2.75) is 149 Å². The highest BCUT2D eigenvalue weighted by Crippen LogP contribution is 2.44. The standard InChI is InChI=1S/C67H89N7O12/c1-9-46-26-28-47(29-27-46)40-61(77)57(23-16-34-69-65(68)81)71-64(80)55(45(2)3)42-50(75)33-37-84-39-38-83-36-17-25-60(76)58(30-31-63(79)86-67(4,5)6)70-62(78)32-35-74-49(41-48-18-10-15-24-59(48)74)43-72(7)73(8)66(82)85-44-56-53-21-13-11-19-51(53)52-20-12-14-22-54(52)56/h10-15,18-22,24,26-29,41,45,55-58H,9,16-17,23,25,30-40,42-44H2,1-8H3,(H,70,78)(H,71,80)(H3,68,69,81)/t55-,57-,58-/m0/s1. The normalized spacial score (nSPS) is 13.1. The third-order valence-electron chi connectivity index (χ3n) is 15.4. The highest BCUT2D eigenvalue weighted by Gasteiger charge is 2.32. The van der Waals surface area contributed by atoms with Gasteiger partial charge in [0.2, 0.25) is 11.8 Å². The van der Waals surface area contributed by atoms with Crippen molar-refractivity contribution in [1.29, 1.82) is 0 Å². The van der Waals surface area contributed by atoms with Gasteiger partial charge in [-0.05, 0) is 110 Å². The van der Waals surface area contributed by atoms with Crippen molar-refractivity contribution >= 4 is 58.2 Å². The highest BCUT2D eigenvalue weighted by atomic mass is 16.6. The molecule has 19 nitrogen and oxygen atoms in total. The summed E-state index contributed by atoms with van der Waals surface area (Å²) in [7, 11) is 3.46. The SMILES string of the molecule is CCc1ccc(CC(=O)[C@H](CCCNC(N)=O)NC(=O)[C@@H](CC(=O)CCOCCOCCCC(=O)[C@H](CCC(=O)OC(C)(C)C)NC(=O)CCn2c(CN(C)N(C)C(=O)OCC3c4ccccc4-c4ccccc43)cc3ccccc32)C(C)C)cc1. The first-order valence-corrected chi connectivity index (χ1v) is 30.1. The van der Waals surface area contributed by atoms with E-state index in [4.69, 9.17) is 24.7 Å². The lowest BCUT2D eigenvalue weighted by Crippen LogP contribution is -2.46. The number of urea groups is 1. The van der Waals surface area contributed by atoms with Crippen molar-refractivity contribution in [2.75, 3.05) is 53.7 Å². The van der Waals surface area contributed by atoms with Crippen molar-refractivity contribution in [3.05, 3.63) is 131 Å². The number of nitrogens with zero attached hydrogens (tertiary/aromatic N) is 3. The Hall–Kier alpha value is -7.74. The summed E-state index contributed by atoms with van der Waals surface area (Å²) in [6.45, 7) is 12.8. The average molecular weight is 1180 g/mol. The number of hydrogen-bond donors (Lipinski definition) is 4. The molecular formula is C67H89N7O12. The number of ketones is 3. The molecule has 4 aromatic carbocycles. The van der Waals surface area contributed by atoms with Gasteiger partial charge in [0.25, 0.3) is 0 Å². The maximum atomic E-state index is 13.8. The van der Waals surface area contributed by atoms with Crippen LogP contribution in [0, 0.1) is 11.8 Å². The fraction of sp³-hybridized carbons (Fsp3) is 0.493. The maximum Gasteiger partial charge on any atom is 0.424 e. The fourth-order valence-corrected chi connectivity index (χ4v) is 10.6. The number of carbonyl (C=O) groups is 8.